The van der Waals surface area contributed by atoms with Crippen LogP contribution in [-0.2, 0) is 43.3 Å². The van der Waals surface area contributed by atoms with Crippen molar-refractivity contribution in [2.45, 2.75) is 64.8 Å². The summed E-state index contributed by atoms with van der Waals surface area (Å²) in [7, 11) is 1.55. The number of benzene rings is 3. The van der Waals surface area contributed by atoms with Gasteiger partial charge in [-0.1, -0.05) is 62.0 Å². The molecule has 3 aromatic rings. The molecule has 240 valence electrons. The van der Waals surface area contributed by atoms with Gasteiger partial charge in [-0.15, -0.1) is 0 Å². The van der Waals surface area contributed by atoms with Crippen molar-refractivity contribution in [2.75, 3.05) is 13.7 Å². The van der Waals surface area contributed by atoms with Crippen LogP contribution in [0.4, 0.5) is 4.79 Å². The van der Waals surface area contributed by atoms with Crippen molar-refractivity contribution < 1.29 is 38.5 Å². The Morgan fingerprint density at radius 1 is 0.889 bits per heavy atom. The fourth-order valence-electron chi connectivity index (χ4n) is 4.73. The first-order chi connectivity index (χ1) is 21.1. The fourth-order valence-corrected chi connectivity index (χ4v) is 4.73. The second-order valence-corrected chi connectivity index (χ2v) is 11.2. The molecule has 0 aliphatic carbocycles. The summed E-state index contributed by atoms with van der Waals surface area (Å²) in [5, 5.41) is 15.1. The maximum Gasteiger partial charge on any atom is 0.408 e. The third kappa shape index (κ3) is 10.2. The van der Waals surface area contributed by atoms with E-state index in [-0.39, 0.29) is 57.2 Å². The lowest BCUT2D eigenvalue weighted by Gasteiger charge is -2.24. The maximum absolute atomic E-state index is 13.8. The van der Waals surface area contributed by atoms with Crippen molar-refractivity contribution in [3.8, 4) is 11.5 Å². The van der Waals surface area contributed by atoms with E-state index in [4.69, 9.17) is 14.2 Å². The number of amides is 2. The highest BCUT2D eigenvalue weighted by Gasteiger charge is 2.50. The molecule has 1 aliphatic rings. The fraction of sp³-hybridized carbons (Fsp3) is 0.371. The lowest BCUT2D eigenvalue weighted by Crippen LogP contribution is -2.50. The van der Waals surface area contributed by atoms with E-state index in [0.717, 1.165) is 16.7 Å². The Kier molecular flexibility index (Phi) is 12.3. The molecule has 0 bridgehead atoms. The minimum absolute atomic E-state index is 0. The molecule has 1 aliphatic heterocycles. The summed E-state index contributed by atoms with van der Waals surface area (Å²) in [6.45, 7) is 3.52. The van der Waals surface area contributed by atoms with Crippen LogP contribution in [-0.4, -0.2) is 60.1 Å². The van der Waals surface area contributed by atoms with E-state index in [0.29, 0.717) is 5.75 Å². The zero-order valence-electron chi connectivity index (χ0n) is 25.1. The second kappa shape index (κ2) is 15.9. The van der Waals surface area contributed by atoms with Crippen LogP contribution >= 0.6 is 0 Å². The Morgan fingerprint density at radius 2 is 1.49 bits per heavy atom. The van der Waals surface area contributed by atoms with Crippen LogP contribution in [0.3, 0.4) is 0 Å². The molecular formula is C35H42N2O8. The summed E-state index contributed by atoms with van der Waals surface area (Å²) in [4.78, 5) is 52.8. The number of phenols is 1. The molecule has 1 fully saturated rings. The number of nitrogens with one attached hydrogen (secondary N) is 2. The maximum atomic E-state index is 13.8. The standard InChI is InChI=1S/C34H38N2O8.CH4/c1-22(35-33(41)43-20-25-7-5-4-6-8-25)30(38)19-26(17-23-11-15-28(42-3)16-12-23)32(40)36-29(31(39)34(2)21-44-34)18-24-9-13-27(37)14-10-24;/h4-16,22,26,29,37H,17-21H2,1-3H3,(H,35,41)(H,36,40);1H4/t22-,26?,29?,34-;/m1./s1. The molecular weight excluding hydrogens is 576 g/mol. The number of methoxy groups -OCH3 is 1. The highest BCUT2D eigenvalue weighted by Crippen LogP contribution is 2.29. The number of hydrogen-bond acceptors (Lipinski definition) is 8. The van der Waals surface area contributed by atoms with Crippen LogP contribution < -0.4 is 15.4 Å². The molecule has 1 heterocycles. The molecule has 4 atom stereocenters. The predicted octanol–water partition coefficient (Wildman–Crippen LogP) is 4.56. The average molecular weight is 619 g/mol. The van der Waals surface area contributed by atoms with Gasteiger partial charge >= 0.3 is 6.09 Å². The van der Waals surface area contributed by atoms with E-state index >= 15 is 0 Å². The van der Waals surface area contributed by atoms with E-state index in [1.54, 1.807) is 38.3 Å². The van der Waals surface area contributed by atoms with Gasteiger partial charge in [0.2, 0.25) is 5.91 Å². The predicted molar refractivity (Wildman–Crippen MR) is 169 cm³/mol. The zero-order valence-corrected chi connectivity index (χ0v) is 25.1. The van der Waals surface area contributed by atoms with Gasteiger partial charge in [-0.25, -0.2) is 4.79 Å². The van der Waals surface area contributed by atoms with Gasteiger partial charge in [-0.05, 0) is 67.6 Å². The Balaban J connectivity index is 0.00000552. The summed E-state index contributed by atoms with van der Waals surface area (Å²) >= 11 is 0. The Bertz CT molecular complexity index is 1440. The van der Waals surface area contributed by atoms with E-state index in [1.165, 1.54) is 19.1 Å². The van der Waals surface area contributed by atoms with Gasteiger partial charge in [-0.3, -0.25) is 14.4 Å². The lowest BCUT2D eigenvalue weighted by molar-refractivity contribution is -0.134. The molecule has 1 saturated heterocycles. The number of ether oxygens (including phenoxy) is 3. The van der Waals surface area contributed by atoms with Crippen LogP contribution in [0.1, 0.15) is 44.4 Å². The molecule has 3 N–H and O–H groups in total. The summed E-state index contributed by atoms with van der Waals surface area (Å²) in [5.74, 6) is -1.23. The van der Waals surface area contributed by atoms with Gasteiger partial charge in [-0.2, -0.15) is 0 Å². The van der Waals surface area contributed by atoms with Gasteiger partial charge in [0.05, 0.1) is 25.8 Å². The molecule has 0 spiro atoms. The monoisotopic (exact) mass is 618 g/mol. The number of ketones is 2. The van der Waals surface area contributed by atoms with Gasteiger partial charge < -0.3 is 30.0 Å². The summed E-state index contributed by atoms with van der Waals surface area (Å²) in [6.07, 6.45) is -0.548. The van der Waals surface area contributed by atoms with Crippen LogP contribution in [0.2, 0.25) is 0 Å². The summed E-state index contributed by atoms with van der Waals surface area (Å²) in [5.41, 5.74) is 1.34. The van der Waals surface area contributed by atoms with E-state index in [2.05, 4.69) is 10.6 Å². The van der Waals surface area contributed by atoms with Crippen LogP contribution in [0, 0.1) is 5.92 Å². The number of Topliss-reactive ketones (excluding diaryl/α,β-unsaturated/α-hetero) is 2. The molecule has 0 aromatic heterocycles. The first kappa shape index (κ1) is 34.8. The third-order valence-electron chi connectivity index (χ3n) is 7.60. The average Bonchev–Trinajstić information content (AvgIpc) is 3.79. The van der Waals surface area contributed by atoms with Crippen LogP contribution in [0.15, 0.2) is 78.9 Å². The molecule has 3 aromatic carbocycles. The summed E-state index contributed by atoms with van der Waals surface area (Å²) in [6, 6.07) is 20.9. The molecule has 2 amide bonds. The van der Waals surface area contributed by atoms with Crippen LogP contribution in [0.5, 0.6) is 11.5 Å². The second-order valence-electron chi connectivity index (χ2n) is 11.2. The highest BCUT2D eigenvalue weighted by molar-refractivity contribution is 5.98. The summed E-state index contributed by atoms with van der Waals surface area (Å²) < 4.78 is 15.9. The van der Waals surface area contributed by atoms with Gasteiger partial charge in [0, 0.05) is 12.3 Å². The van der Waals surface area contributed by atoms with Crippen molar-refractivity contribution in [1.82, 2.24) is 10.6 Å². The third-order valence-corrected chi connectivity index (χ3v) is 7.60. The number of aromatic hydroxyl groups is 1. The number of rotatable bonds is 15. The zero-order chi connectivity index (χ0) is 31.7. The molecule has 2 unspecified atom stereocenters. The topological polar surface area (TPSA) is 144 Å². The minimum atomic E-state index is -0.991. The number of phenolic OH excluding ortho intramolecular Hbond substituents is 1. The smallest absolute Gasteiger partial charge is 0.408 e. The molecule has 10 heteroatoms. The van der Waals surface area contributed by atoms with Crippen molar-refractivity contribution in [1.29, 1.82) is 0 Å². The number of epoxide rings is 1. The molecule has 0 saturated carbocycles. The number of carbonyl (C=O) groups excluding carboxylic acids is 4. The lowest BCUT2D eigenvalue weighted by atomic mass is 9.89. The number of hydrogen-bond donors (Lipinski definition) is 3. The molecule has 10 nitrogen and oxygen atoms in total. The van der Waals surface area contributed by atoms with Crippen molar-refractivity contribution in [3.63, 3.8) is 0 Å². The minimum Gasteiger partial charge on any atom is -0.508 e. The Hall–Kier alpha value is -4.70. The molecule has 0 radical (unpaired) electrons. The van der Waals surface area contributed by atoms with Gasteiger partial charge in [0.25, 0.3) is 0 Å². The van der Waals surface area contributed by atoms with Crippen molar-refractivity contribution in [3.05, 3.63) is 95.6 Å². The Labute approximate surface area is 264 Å². The quantitative estimate of drug-likeness (QED) is 0.211. The number of alkyl carbamates (subject to hydrolysis) is 1. The highest BCUT2D eigenvalue weighted by atomic mass is 16.6. The van der Waals surface area contributed by atoms with Crippen molar-refractivity contribution in [2.24, 2.45) is 5.92 Å². The van der Waals surface area contributed by atoms with Crippen molar-refractivity contribution >= 4 is 23.6 Å². The van der Waals surface area contributed by atoms with Gasteiger partial charge in [0.15, 0.2) is 11.6 Å². The first-order valence-corrected chi connectivity index (χ1v) is 14.5. The van der Waals surface area contributed by atoms with E-state index in [9.17, 15) is 24.3 Å². The molecule has 4 rings (SSSR count). The van der Waals surface area contributed by atoms with Gasteiger partial charge in [0.1, 0.15) is 23.7 Å². The SMILES string of the molecule is C.COc1ccc(CC(CC(=O)[C@@H](C)NC(=O)OCc2ccccc2)C(=O)NC(Cc2ccc(O)cc2)C(=O)[C@@]2(C)CO2)cc1. The first-order valence-electron chi connectivity index (χ1n) is 14.5. The number of carbonyl (C=O) groups is 4. The largest absolute Gasteiger partial charge is 0.508 e. The van der Waals surface area contributed by atoms with Crippen LogP contribution in [0.25, 0.3) is 0 Å². The normalized spacial score (nSPS) is 17.0. The van der Waals surface area contributed by atoms with E-state index < -0.39 is 35.6 Å². The molecule has 45 heavy (non-hydrogen) atoms. The van der Waals surface area contributed by atoms with E-state index in [1.807, 2.05) is 42.5 Å². The Morgan fingerprint density at radius 3 is 2.09 bits per heavy atom.